The van der Waals surface area contributed by atoms with E-state index in [1.807, 2.05) is 0 Å². The Labute approximate surface area is 191 Å². The molecule has 0 aliphatic rings. The van der Waals surface area contributed by atoms with Gasteiger partial charge in [-0.3, -0.25) is 4.79 Å². The third-order valence-corrected chi connectivity index (χ3v) is 4.28. The van der Waals surface area contributed by atoms with Gasteiger partial charge in [-0.2, -0.15) is 74.6 Å². The van der Waals surface area contributed by atoms with E-state index in [0.29, 0.717) is 12.1 Å². The summed E-state index contributed by atoms with van der Waals surface area (Å²) in [6.45, 7) is 0. The second-order valence-electron chi connectivity index (χ2n) is 6.40. The molecule has 0 N–H and O–H groups in total. The van der Waals surface area contributed by atoms with Crippen molar-refractivity contribution in [3.63, 3.8) is 0 Å². The fraction of sp³-hybridized carbons (Fsp3) is 0.438. The molecule has 2 nitrogen and oxygen atoms in total. The average molecular weight is 587 g/mol. The highest BCUT2D eigenvalue weighted by atomic mass is 35.5. The Kier molecular flexibility index (Phi) is 8.00. The van der Waals surface area contributed by atoms with Gasteiger partial charge in [0.1, 0.15) is 5.75 Å². The molecule has 0 spiro atoms. The number of halogens is 18. The first-order chi connectivity index (χ1) is 15.7. The van der Waals surface area contributed by atoms with Crippen molar-refractivity contribution in [1.29, 1.82) is 0 Å². The van der Waals surface area contributed by atoms with Crippen molar-refractivity contribution in [2.24, 2.45) is 0 Å². The number of para-hydroxylation sites is 1. The summed E-state index contributed by atoms with van der Waals surface area (Å²) in [7, 11) is 0. The molecule has 0 amide bonds. The molecule has 0 atom stereocenters. The van der Waals surface area contributed by atoms with Crippen molar-refractivity contribution in [2.45, 2.75) is 41.7 Å². The van der Waals surface area contributed by atoms with Crippen LogP contribution in [0.5, 0.6) is 5.75 Å². The Morgan fingerprint density at radius 1 is 0.639 bits per heavy atom. The van der Waals surface area contributed by atoms with Gasteiger partial charge < -0.3 is 4.74 Å². The van der Waals surface area contributed by atoms with E-state index in [-0.39, 0.29) is 0 Å². The third kappa shape index (κ3) is 4.53. The predicted octanol–water partition coefficient (Wildman–Crippen LogP) is 7.93. The van der Waals surface area contributed by atoms with Crippen LogP contribution in [0.15, 0.2) is 36.1 Å². The fourth-order valence-corrected chi connectivity index (χ4v) is 2.24. The normalized spacial score (nSPS) is 15.5. The van der Waals surface area contributed by atoms with Crippen LogP contribution in [0.25, 0.3) is 0 Å². The summed E-state index contributed by atoms with van der Waals surface area (Å²) in [5.41, 5.74) is -1.01. The number of hydrogen-bond donors (Lipinski definition) is 0. The first-order valence-electron chi connectivity index (χ1n) is 8.09. The third-order valence-electron chi connectivity index (χ3n) is 4.07. The summed E-state index contributed by atoms with van der Waals surface area (Å²) in [6, 6.07) is -0.977. The first-order valence-corrected chi connectivity index (χ1v) is 8.47. The van der Waals surface area contributed by atoms with Gasteiger partial charge in [0.15, 0.2) is 0 Å². The lowest BCUT2D eigenvalue weighted by molar-refractivity contribution is -0.451. The Balaban J connectivity index is 3.64. The molecule has 206 valence electrons. The molecule has 0 heterocycles. The molecule has 0 aliphatic carbocycles. The topological polar surface area (TPSA) is 26.3 Å². The molecular weight excluding hydrogens is 583 g/mol. The summed E-state index contributed by atoms with van der Waals surface area (Å²) in [4.78, 5) is 11.1. The zero-order chi connectivity index (χ0) is 28.9. The molecule has 0 radical (unpaired) electrons. The van der Waals surface area contributed by atoms with Gasteiger partial charge in [0.2, 0.25) is 5.83 Å². The molecular formula is C16H4ClF17O2. The number of ether oxygens (including phenoxy) is 1. The monoisotopic (exact) mass is 586 g/mol. The van der Waals surface area contributed by atoms with Crippen LogP contribution in [0, 0.1) is 0 Å². The smallest absolute Gasteiger partial charge is 0.429 e. The number of rotatable bonds is 9. The number of benzene rings is 1. The van der Waals surface area contributed by atoms with Gasteiger partial charge >= 0.3 is 47.7 Å². The van der Waals surface area contributed by atoms with Crippen LogP contribution in [0.1, 0.15) is 10.4 Å². The average Bonchev–Trinajstić information content (AvgIpc) is 2.71. The van der Waals surface area contributed by atoms with Gasteiger partial charge in [-0.05, 0) is 23.7 Å². The number of hydrogen-bond acceptors (Lipinski definition) is 2. The maximum Gasteiger partial charge on any atom is 0.460 e. The van der Waals surface area contributed by atoms with Gasteiger partial charge in [-0.25, -0.2) is 0 Å². The highest BCUT2D eigenvalue weighted by Gasteiger charge is 2.93. The van der Waals surface area contributed by atoms with Crippen LogP contribution < -0.4 is 4.74 Å². The quantitative estimate of drug-likeness (QED) is 0.167. The van der Waals surface area contributed by atoms with Crippen molar-refractivity contribution >= 4 is 16.8 Å². The highest BCUT2D eigenvalue weighted by Crippen LogP contribution is 2.63. The SMILES string of the molecule is O=C(Cl)c1ccccc1OC(F)=C(F)C(F)(F)C(F)(F)C(F)(F)C(F)(F)C(F)(F)C(F)(F)C(F)(F)F. The van der Waals surface area contributed by atoms with E-state index in [9.17, 15) is 79.4 Å². The Hall–Kier alpha value is -2.47. The lowest BCUT2D eigenvalue weighted by Crippen LogP contribution is -2.72. The number of carbonyl (C=O) groups excluding carboxylic acids is 1. The minimum absolute atomic E-state index is 0.404. The molecule has 0 saturated heterocycles. The molecule has 0 unspecified atom stereocenters. The second-order valence-corrected chi connectivity index (χ2v) is 6.75. The van der Waals surface area contributed by atoms with Gasteiger partial charge in [0.25, 0.3) is 5.24 Å². The van der Waals surface area contributed by atoms with E-state index in [1.54, 1.807) is 0 Å². The first kappa shape index (κ1) is 31.6. The summed E-state index contributed by atoms with van der Waals surface area (Å²) in [6.07, 6.45) is -7.81. The minimum Gasteiger partial charge on any atom is -0.429 e. The van der Waals surface area contributed by atoms with Gasteiger partial charge in [-0.15, -0.1) is 0 Å². The molecule has 0 fully saturated rings. The molecule has 20 heteroatoms. The largest absolute Gasteiger partial charge is 0.460 e. The molecule has 36 heavy (non-hydrogen) atoms. The Morgan fingerprint density at radius 2 is 1.03 bits per heavy atom. The minimum atomic E-state index is -8.68. The highest BCUT2D eigenvalue weighted by molar-refractivity contribution is 6.68. The number of allylic oxidation sites excluding steroid dienone is 1. The van der Waals surface area contributed by atoms with Crippen molar-refractivity contribution in [3.8, 4) is 5.75 Å². The fourth-order valence-electron chi connectivity index (χ4n) is 2.09. The summed E-state index contributed by atoms with van der Waals surface area (Å²) < 4.78 is 227. The maximum absolute atomic E-state index is 13.7. The van der Waals surface area contributed by atoms with Crippen molar-refractivity contribution in [2.75, 3.05) is 0 Å². The van der Waals surface area contributed by atoms with E-state index in [2.05, 4.69) is 4.74 Å². The van der Waals surface area contributed by atoms with Crippen LogP contribution in [-0.4, -0.2) is 47.0 Å². The van der Waals surface area contributed by atoms with Crippen LogP contribution >= 0.6 is 11.6 Å². The van der Waals surface area contributed by atoms with Crippen LogP contribution in [0.3, 0.4) is 0 Å². The van der Waals surface area contributed by atoms with Gasteiger partial charge in [-0.1, -0.05) is 12.1 Å². The summed E-state index contributed by atoms with van der Waals surface area (Å²) in [5, 5.41) is -1.60. The molecule has 0 aliphatic heterocycles. The molecule has 0 saturated carbocycles. The van der Waals surface area contributed by atoms with E-state index in [4.69, 9.17) is 11.6 Å². The van der Waals surface area contributed by atoms with E-state index in [1.165, 1.54) is 0 Å². The molecule has 1 rings (SSSR count). The van der Waals surface area contributed by atoms with Crippen LogP contribution in [0.2, 0.25) is 0 Å². The lowest BCUT2D eigenvalue weighted by Gasteiger charge is -2.41. The van der Waals surface area contributed by atoms with Crippen LogP contribution in [-0.2, 0) is 0 Å². The predicted molar refractivity (Wildman–Crippen MR) is 82.2 cm³/mol. The summed E-state index contributed by atoms with van der Waals surface area (Å²) in [5.74, 6) is -56.0. The number of carbonyl (C=O) groups is 1. The van der Waals surface area contributed by atoms with E-state index in [0.717, 1.165) is 12.1 Å². The zero-order valence-electron chi connectivity index (χ0n) is 15.9. The maximum atomic E-state index is 13.7. The molecule has 0 aromatic heterocycles. The van der Waals surface area contributed by atoms with E-state index < -0.39 is 70.1 Å². The molecule has 1 aromatic carbocycles. The van der Waals surface area contributed by atoms with Crippen LogP contribution in [0.4, 0.5) is 74.6 Å². The van der Waals surface area contributed by atoms with Crippen molar-refractivity contribution in [1.82, 2.24) is 0 Å². The molecule has 1 aromatic rings. The van der Waals surface area contributed by atoms with E-state index >= 15 is 0 Å². The summed E-state index contributed by atoms with van der Waals surface area (Å²) >= 11 is 4.94. The standard InChI is InChI=1S/C16H4ClF17O2/c17-8(35)5-3-1-2-4-6(5)36-9(19)7(18)10(20,21)11(22,23)12(24,25)13(26,27)14(28,29)15(30,31)16(32,33)34/h1-4H. The zero-order valence-corrected chi connectivity index (χ0v) is 16.7. The van der Waals surface area contributed by atoms with Crippen molar-refractivity contribution < 1.29 is 84.2 Å². The molecule has 0 bridgehead atoms. The van der Waals surface area contributed by atoms with Crippen molar-refractivity contribution in [3.05, 3.63) is 41.7 Å². The Morgan fingerprint density at radius 3 is 1.44 bits per heavy atom. The van der Waals surface area contributed by atoms with Gasteiger partial charge in [0.05, 0.1) is 5.56 Å². The second kappa shape index (κ2) is 9.13. The number of alkyl halides is 15. The lowest BCUT2D eigenvalue weighted by atomic mass is 9.91. The van der Waals surface area contributed by atoms with Gasteiger partial charge in [0, 0.05) is 0 Å². The Bertz CT molecular complexity index is 1030.